The van der Waals surface area contributed by atoms with Crippen LogP contribution in [0.1, 0.15) is 22.8 Å². The van der Waals surface area contributed by atoms with Crippen LogP contribution in [0.4, 0.5) is 0 Å². The van der Waals surface area contributed by atoms with E-state index in [1.807, 2.05) is 13.0 Å². The normalized spacial score (nSPS) is 18.4. The molecule has 2 rings (SSSR count). The van der Waals surface area contributed by atoms with Gasteiger partial charge in [-0.25, -0.2) is 4.79 Å². The standard InChI is InChI=1S/C15H19BrN2O3/c1-3-21-15(20)13-9-17-6-7-18(13)14(19)11-5-4-10(2)12(16)8-11/h4-5,8,13,17H,3,6-7,9H2,1-2H3. The van der Waals surface area contributed by atoms with Gasteiger partial charge in [-0.05, 0) is 31.5 Å². The van der Waals surface area contributed by atoms with Crippen molar-refractivity contribution in [3.05, 3.63) is 33.8 Å². The van der Waals surface area contributed by atoms with Crippen molar-refractivity contribution >= 4 is 27.8 Å². The van der Waals surface area contributed by atoms with Gasteiger partial charge in [0.2, 0.25) is 0 Å². The third-order valence-electron chi connectivity index (χ3n) is 3.48. The summed E-state index contributed by atoms with van der Waals surface area (Å²) >= 11 is 3.43. The molecule has 1 atom stereocenters. The van der Waals surface area contributed by atoms with E-state index in [0.29, 0.717) is 31.8 Å². The summed E-state index contributed by atoms with van der Waals surface area (Å²) in [5, 5.41) is 3.13. The average Bonchev–Trinajstić information content (AvgIpc) is 2.49. The zero-order chi connectivity index (χ0) is 15.4. The van der Waals surface area contributed by atoms with Crippen LogP contribution in [0.15, 0.2) is 22.7 Å². The molecule has 1 aliphatic rings. The van der Waals surface area contributed by atoms with Crippen LogP contribution in [0.2, 0.25) is 0 Å². The molecule has 1 fully saturated rings. The number of carbonyl (C=O) groups is 2. The molecule has 21 heavy (non-hydrogen) atoms. The fourth-order valence-electron chi connectivity index (χ4n) is 2.29. The Hall–Kier alpha value is -1.40. The van der Waals surface area contributed by atoms with Crippen LogP contribution >= 0.6 is 15.9 Å². The highest BCUT2D eigenvalue weighted by Gasteiger charge is 2.33. The number of halogens is 1. The summed E-state index contributed by atoms with van der Waals surface area (Å²) in [7, 11) is 0. The van der Waals surface area contributed by atoms with Crippen LogP contribution in [0.3, 0.4) is 0 Å². The maximum Gasteiger partial charge on any atom is 0.330 e. The van der Waals surface area contributed by atoms with E-state index in [0.717, 1.165) is 10.0 Å². The van der Waals surface area contributed by atoms with Crippen LogP contribution in [0, 0.1) is 6.92 Å². The molecule has 1 heterocycles. The Morgan fingerprint density at radius 3 is 2.90 bits per heavy atom. The first-order chi connectivity index (χ1) is 10.0. The predicted octanol–water partition coefficient (Wildman–Crippen LogP) is 1.73. The number of carbonyl (C=O) groups excluding carboxylic acids is 2. The first kappa shape index (κ1) is 16.0. The predicted molar refractivity (Wildman–Crippen MR) is 83.2 cm³/mol. The van der Waals surface area contributed by atoms with Gasteiger partial charge in [-0.15, -0.1) is 0 Å². The van der Waals surface area contributed by atoms with Crippen molar-refractivity contribution < 1.29 is 14.3 Å². The number of hydrogen-bond acceptors (Lipinski definition) is 4. The Labute approximate surface area is 132 Å². The molecule has 0 radical (unpaired) electrons. The molecule has 0 aromatic heterocycles. The molecule has 0 bridgehead atoms. The highest BCUT2D eigenvalue weighted by Crippen LogP contribution is 2.20. The summed E-state index contributed by atoms with van der Waals surface area (Å²) in [5.41, 5.74) is 1.64. The van der Waals surface area contributed by atoms with Crippen molar-refractivity contribution in [3.8, 4) is 0 Å². The largest absolute Gasteiger partial charge is 0.464 e. The van der Waals surface area contributed by atoms with Gasteiger partial charge in [0.1, 0.15) is 6.04 Å². The molecule has 1 saturated heterocycles. The number of aryl methyl sites for hydroxylation is 1. The fraction of sp³-hybridized carbons (Fsp3) is 0.467. The lowest BCUT2D eigenvalue weighted by atomic mass is 10.1. The van der Waals surface area contributed by atoms with Crippen LogP contribution in [-0.4, -0.2) is 49.1 Å². The molecule has 1 N–H and O–H groups in total. The van der Waals surface area contributed by atoms with Crippen LogP contribution in [0.25, 0.3) is 0 Å². The number of piperazine rings is 1. The number of nitrogens with zero attached hydrogens (tertiary/aromatic N) is 1. The lowest BCUT2D eigenvalue weighted by molar-refractivity contribution is -0.149. The van der Waals surface area contributed by atoms with Gasteiger partial charge in [-0.1, -0.05) is 22.0 Å². The molecule has 0 spiro atoms. The summed E-state index contributed by atoms with van der Waals surface area (Å²) in [6, 6.07) is 4.90. The van der Waals surface area contributed by atoms with E-state index in [1.165, 1.54) is 0 Å². The van der Waals surface area contributed by atoms with E-state index in [4.69, 9.17) is 4.74 Å². The van der Waals surface area contributed by atoms with Crippen molar-refractivity contribution in [3.63, 3.8) is 0 Å². The topological polar surface area (TPSA) is 58.6 Å². The van der Waals surface area contributed by atoms with Crippen molar-refractivity contribution in [2.45, 2.75) is 19.9 Å². The number of benzene rings is 1. The van der Waals surface area contributed by atoms with Gasteiger partial charge in [0.05, 0.1) is 6.61 Å². The number of rotatable bonds is 3. The molecule has 5 nitrogen and oxygen atoms in total. The number of esters is 1. The minimum absolute atomic E-state index is 0.143. The Morgan fingerprint density at radius 2 is 2.24 bits per heavy atom. The smallest absolute Gasteiger partial charge is 0.330 e. The molecule has 0 aliphatic carbocycles. The zero-order valence-electron chi connectivity index (χ0n) is 12.2. The minimum Gasteiger partial charge on any atom is -0.464 e. The molecule has 1 amide bonds. The van der Waals surface area contributed by atoms with E-state index in [1.54, 1.807) is 24.0 Å². The molecular formula is C15H19BrN2O3. The average molecular weight is 355 g/mol. The first-order valence-electron chi connectivity index (χ1n) is 6.99. The molecule has 0 saturated carbocycles. The van der Waals surface area contributed by atoms with Crippen molar-refractivity contribution in [2.24, 2.45) is 0 Å². The summed E-state index contributed by atoms with van der Waals surface area (Å²) < 4.78 is 5.94. The third kappa shape index (κ3) is 3.63. The molecule has 1 aliphatic heterocycles. The zero-order valence-corrected chi connectivity index (χ0v) is 13.8. The monoisotopic (exact) mass is 354 g/mol. The molecule has 1 aromatic carbocycles. The van der Waals surface area contributed by atoms with E-state index in [2.05, 4.69) is 21.2 Å². The maximum absolute atomic E-state index is 12.7. The van der Waals surface area contributed by atoms with Crippen LogP contribution in [0.5, 0.6) is 0 Å². The number of hydrogen-bond donors (Lipinski definition) is 1. The molecular weight excluding hydrogens is 336 g/mol. The molecule has 1 aromatic rings. The van der Waals surface area contributed by atoms with Gasteiger partial charge < -0.3 is 15.0 Å². The van der Waals surface area contributed by atoms with Gasteiger partial charge >= 0.3 is 5.97 Å². The van der Waals surface area contributed by atoms with E-state index >= 15 is 0 Å². The van der Waals surface area contributed by atoms with Crippen molar-refractivity contribution in [1.82, 2.24) is 10.2 Å². The van der Waals surface area contributed by atoms with E-state index < -0.39 is 6.04 Å². The lowest BCUT2D eigenvalue weighted by Crippen LogP contribution is -2.57. The first-order valence-corrected chi connectivity index (χ1v) is 7.78. The summed E-state index contributed by atoms with van der Waals surface area (Å²) in [6.45, 7) is 5.63. The van der Waals surface area contributed by atoms with Gasteiger partial charge in [0.25, 0.3) is 5.91 Å². The SMILES string of the molecule is CCOC(=O)C1CNCCN1C(=O)c1ccc(C)c(Br)c1. The Bertz CT molecular complexity index is 548. The molecule has 6 heteroatoms. The highest BCUT2D eigenvalue weighted by atomic mass is 79.9. The van der Waals surface area contributed by atoms with Crippen LogP contribution < -0.4 is 5.32 Å². The number of ether oxygens (including phenoxy) is 1. The maximum atomic E-state index is 12.7. The lowest BCUT2D eigenvalue weighted by Gasteiger charge is -2.34. The highest BCUT2D eigenvalue weighted by molar-refractivity contribution is 9.10. The summed E-state index contributed by atoms with van der Waals surface area (Å²) in [6.07, 6.45) is 0. The van der Waals surface area contributed by atoms with Gasteiger partial charge in [0, 0.05) is 29.7 Å². The summed E-state index contributed by atoms with van der Waals surface area (Å²) in [4.78, 5) is 26.2. The van der Waals surface area contributed by atoms with E-state index in [9.17, 15) is 9.59 Å². The van der Waals surface area contributed by atoms with Crippen molar-refractivity contribution in [1.29, 1.82) is 0 Å². The summed E-state index contributed by atoms with van der Waals surface area (Å²) in [5.74, 6) is -0.500. The Kier molecular flexibility index (Phi) is 5.36. The second-order valence-electron chi connectivity index (χ2n) is 4.93. The van der Waals surface area contributed by atoms with Crippen molar-refractivity contribution in [2.75, 3.05) is 26.2 Å². The molecule has 1 unspecified atom stereocenters. The second kappa shape index (κ2) is 7.04. The third-order valence-corrected chi connectivity index (χ3v) is 4.34. The fourth-order valence-corrected chi connectivity index (χ4v) is 2.67. The van der Waals surface area contributed by atoms with E-state index in [-0.39, 0.29) is 11.9 Å². The second-order valence-corrected chi connectivity index (χ2v) is 5.79. The Balaban J connectivity index is 2.21. The number of nitrogens with one attached hydrogen (secondary N) is 1. The van der Waals surface area contributed by atoms with Gasteiger partial charge in [-0.3, -0.25) is 4.79 Å². The minimum atomic E-state index is -0.564. The quantitative estimate of drug-likeness (QED) is 0.840. The Morgan fingerprint density at radius 1 is 1.48 bits per heavy atom. The van der Waals surface area contributed by atoms with Gasteiger partial charge in [0.15, 0.2) is 0 Å². The number of amides is 1. The molecule has 114 valence electrons. The van der Waals surface area contributed by atoms with Gasteiger partial charge in [-0.2, -0.15) is 0 Å². The van der Waals surface area contributed by atoms with Crippen LogP contribution in [-0.2, 0) is 9.53 Å².